The van der Waals surface area contributed by atoms with Crippen molar-refractivity contribution in [3.8, 4) is 22.2 Å². The van der Waals surface area contributed by atoms with E-state index in [2.05, 4.69) is 15.1 Å². The van der Waals surface area contributed by atoms with E-state index in [1.165, 1.54) is 0 Å². The highest BCUT2D eigenvalue weighted by molar-refractivity contribution is 7.13. The van der Waals surface area contributed by atoms with Crippen LogP contribution in [0.1, 0.15) is 16.1 Å². The Kier molecular flexibility index (Phi) is 4.61. The number of fused-ring (bicyclic) bond motifs is 1. The lowest BCUT2D eigenvalue weighted by Gasteiger charge is -2.16. The number of oxazole rings is 1. The third-order valence-electron chi connectivity index (χ3n) is 4.67. The molecule has 5 rings (SSSR count). The summed E-state index contributed by atoms with van der Waals surface area (Å²) >= 11 is 1.55. The molecule has 0 N–H and O–H groups in total. The van der Waals surface area contributed by atoms with E-state index in [0.717, 1.165) is 10.6 Å². The van der Waals surface area contributed by atoms with Crippen molar-refractivity contribution in [1.29, 1.82) is 0 Å². The summed E-state index contributed by atoms with van der Waals surface area (Å²) in [4.78, 5) is 24.3. The molecule has 1 aromatic carbocycles. The summed E-state index contributed by atoms with van der Waals surface area (Å²) in [7, 11) is 1.75. The molecule has 4 heterocycles. The van der Waals surface area contributed by atoms with E-state index < -0.39 is 0 Å². The molecule has 5 aromatic rings. The van der Waals surface area contributed by atoms with Crippen LogP contribution in [0.25, 0.3) is 33.1 Å². The van der Waals surface area contributed by atoms with Gasteiger partial charge in [-0.25, -0.2) is 4.98 Å². The number of hydrogen-bond donors (Lipinski definition) is 0. The molecule has 0 radical (unpaired) electrons. The molecule has 0 aliphatic carbocycles. The van der Waals surface area contributed by atoms with E-state index in [0.29, 0.717) is 40.4 Å². The Bertz CT molecular complexity index is 1310. The highest BCUT2D eigenvalue weighted by Crippen LogP contribution is 2.31. The van der Waals surface area contributed by atoms with E-state index in [-0.39, 0.29) is 5.91 Å². The highest BCUT2D eigenvalue weighted by atomic mass is 32.1. The van der Waals surface area contributed by atoms with Gasteiger partial charge in [0.2, 0.25) is 5.89 Å². The first-order valence-corrected chi connectivity index (χ1v) is 10.1. The SMILES string of the molecule is CN(Cc1ccccn1)C(=O)c1ccc2onc(-c3coc(-c4cccs4)n3)c2c1. The van der Waals surface area contributed by atoms with Gasteiger partial charge in [-0.2, -0.15) is 0 Å². The maximum absolute atomic E-state index is 12.9. The Labute approximate surface area is 175 Å². The number of benzene rings is 1. The van der Waals surface area contributed by atoms with E-state index in [1.807, 2.05) is 35.7 Å². The molecule has 148 valence electrons. The number of hydrogen-bond acceptors (Lipinski definition) is 7. The minimum atomic E-state index is -0.117. The molecule has 0 fully saturated rings. The largest absolute Gasteiger partial charge is 0.443 e. The summed E-state index contributed by atoms with van der Waals surface area (Å²) in [5.41, 5.74) is 3.04. The third kappa shape index (κ3) is 3.37. The van der Waals surface area contributed by atoms with Gasteiger partial charge >= 0.3 is 0 Å². The van der Waals surface area contributed by atoms with Crippen molar-refractivity contribution in [2.45, 2.75) is 6.54 Å². The average Bonchev–Trinajstić information content (AvgIpc) is 3.53. The summed E-state index contributed by atoms with van der Waals surface area (Å²) < 4.78 is 11.0. The van der Waals surface area contributed by atoms with Crippen LogP contribution in [0.5, 0.6) is 0 Å². The number of carbonyl (C=O) groups excluding carboxylic acids is 1. The fourth-order valence-electron chi connectivity index (χ4n) is 3.18. The van der Waals surface area contributed by atoms with Crippen LogP contribution in [0.4, 0.5) is 0 Å². The fourth-order valence-corrected chi connectivity index (χ4v) is 3.83. The molecule has 0 unspecified atom stereocenters. The molecular formula is C22H16N4O3S. The molecule has 0 bridgehead atoms. The minimum absolute atomic E-state index is 0.117. The van der Waals surface area contributed by atoms with Crippen LogP contribution < -0.4 is 0 Å². The van der Waals surface area contributed by atoms with Crippen molar-refractivity contribution in [2.75, 3.05) is 7.05 Å². The van der Waals surface area contributed by atoms with Crippen molar-refractivity contribution in [2.24, 2.45) is 0 Å². The first-order chi connectivity index (χ1) is 14.7. The summed E-state index contributed by atoms with van der Waals surface area (Å²) in [6.07, 6.45) is 3.26. The van der Waals surface area contributed by atoms with Gasteiger partial charge in [-0.05, 0) is 41.8 Å². The second-order valence-electron chi connectivity index (χ2n) is 6.74. The summed E-state index contributed by atoms with van der Waals surface area (Å²) in [5, 5.41) is 6.81. The molecule has 0 aliphatic heterocycles. The molecule has 1 amide bonds. The number of thiophene rings is 1. The Morgan fingerprint density at radius 2 is 2.10 bits per heavy atom. The summed E-state index contributed by atoms with van der Waals surface area (Å²) in [6.45, 7) is 0.418. The Morgan fingerprint density at radius 3 is 2.90 bits per heavy atom. The molecule has 0 saturated carbocycles. The van der Waals surface area contributed by atoms with Crippen LogP contribution >= 0.6 is 11.3 Å². The first kappa shape index (κ1) is 18.3. The van der Waals surface area contributed by atoms with Gasteiger partial charge in [-0.3, -0.25) is 9.78 Å². The molecule has 0 saturated heterocycles. The van der Waals surface area contributed by atoms with Gasteiger partial charge in [0, 0.05) is 18.8 Å². The van der Waals surface area contributed by atoms with Gasteiger partial charge in [-0.15, -0.1) is 11.3 Å². The topological polar surface area (TPSA) is 85.3 Å². The van der Waals surface area contributed by atoms with Crippen LogP contribution in [0.2, 0.25) is 0 Å². The number of rotatable bonds is 5. The van der Waals surface area contributed by atoms with Crippen molar-refractivity contribution in [1.82, 2.24) is 20.0 Å². The number of amides is 1. The van der Waals surface area contributed by atoms with Gasteiger partial charge in [0.25, 0.3) is 5.91 Å². The number of pyridine rings is 1. The van der Waals surface area contributed by atoms with E-state index in [4.69, 9.17) is 8.94 Å². The zero-order chi connectivity index (χ0) is 20.5. The van der Waals surface area contributed by atoms with E-state index >= 15 is 0 Å². The van der Waals surface area contributed by atoms with Gasteiger partial charge in [0.1, 0.15) is 17.7 Å². The van der Waals surface area contributed by atoms with Crippen molar-refractivity contribution < 1.29 is 13.7 Å². The van der Waals surface area contributed by atoms with Gasteiger partial charge in [-0.1, -0.05) is 17.3 Å². The van der Waals surface area contributed by atoms with Crippen LogP contribution in [0, 0.1) is 0 Å². The standard InChI is InChI=1S/C22H16N4O3S/c1-26(12-15-5-2-3-9-23-15)22(27)14-7-8-18-16(11-14)20(25-29-18)17-13-28-21(24-17)19-6-4-10-30-19/h2-11,13H,12H2,1H3. The smallest absolute Gasteiger partial charge is 0.253 e. The van der Waals surface area contributed by atoms with Gasteiger partial charge in [0.05, 0.1) is 22.5 Å². The maximum Gasteiger partial charge on any atom is 0.253 e. The fraction of sp³-hybridized carbons (Fsp3) is 0.0909. The first-order valence-electron chi connectivity index (χ1n) is 9.23. The van der Waals surface area contributed by atoms with E-state index in [9.17, 15) is 4.79 Å². The zero-order valence-electron chi connectivity index (χ0n) is 16.0. The zero-order valence-corrected chi connectivity index (χ0v) is 16.8. The van der Waals surface area contributed by atoms with Crippen molar-refractivity contribution in [3.05, 3.63) is 77.6 Å². The number of aromatic nitrogens is 3. The predicted octanol–water partition coefficient (Wildman–Crippen LogP) is 4.88. The quantitative estimate of drug-likeness (QED) is 0.406. The highest BCUT2D eigenvalue weighted by Gasteiger charge is 2.19. The molecule has 8 heteroatoms. The Hall–Kier alpha value is -3.78. The lowest BCUT2D eigenvalue weighted by atomic mass is 10.1. The maximum atomic E-state index is 12.9. The predicted molar refractivity (Wildman–Crippen MR) is 113 cm³/mol. The lowest BCUT2D eigenvalue weighted by molar-refractivity contribution is 0.0783. The number of carbonyl (C=O) groups is 1. The van der Waals surface area contributed by atoms with Crippen molar-refractivity contribution in [3.63, 3.8) is 0 Å². The second-order valence-corrected chi connectivity index (χ2v) is 7.69. The van der Waals surface area contributed by atoms with E-state index in [1.54, 1.807) is 53.9 Å². The summed E-state index contributed by atoms with van der Waals surface area (Å²) in [5.74, 6) is 0.410. The monoisotopic (exact) mass is 416 g/mol. The van der Waals surface area contributed by atoms with Crippen LogP contribution in [0.3, 0.4) is 0 Å². The third-order valence-corrected chi connectivity index (χ3v) is 5.53. The normalized spacial score (nSPS) is 11.1. The average molecular weight is 416 g/mol. The molecule has 4 aromatic heterocycles. The molecular weight excluding hydrogens is 400 g/mol. The van der Waals surface area contributed by atoms with Gasteiger partial charge in [0.15, 0.2) is 5.58 Å². The van der Waals surface area contributed by atoms with Crippen LogP contribution in [-0.4, -0.2) is 33.0 Å². The second kappa shape index (κ2) is 7.57. The van der Waals surface area contributed by atoms with Crippen LogP contribution in [0.15, 0.2) is 75.3 Å². The van der Waals surface area contributed by atoms with Gasteiger partial charge < -0.3 is 13.8 Å². The molecule has 0 aliphatic rings. The molecule has 0 atom stereocenters. The molecule has 7 nitrogen and oxygen atoms in total. The molecule has 30 heavy (non-hydrogen) atoms. The van der Waals surface area contributed by atoms with Crippen molar-refractivity contribution >= 4 is 28.2 Å². The summed E-state index contributed by atoms with van der Waals surface area (Å²) in [6, 6.07) is 14.8. The lowest BCUT2D eigenvalue weighted by Crippen LogP contribution is -2.26. The Balaban J connectivity index is 1.45. The number of nitrogens with zero attached hydrogens (tertiary/aromatic N) is 4. The molecule has 0 spiro atoms. The van der Waals surface area contributed by atoms with Crippen LogP contribution in [-0.2, 0) is 6.54 Å². The Morgan fingerprint density at radius 1 is 1.17 bits per heavy atom. The minimum Gasteiger partial charge on any atom is -0.443 e.